The average molecular weight is 992 g/mol. The molecule has 5 rings (SSSR count). The molecule has 0 unspecified atom stereocenters. The summed E-state index contributed by atoms with van der Waals surface area (Å²) in [7, 11) is 0. The number of amides is 9. The smallest absolute Gasteiger partial charge is 0.315 e. The zero-order valence-corrected chi connectivity index (χ0v) is 40.3. The molecule has 0 radical (unpaired) electrons. The molecule has 4 saturated heterocycles. The molecule has 1 aromatic rings. The highest BCUT2D eigenvalue weighted by atomic mass is 32.2. The second-order valence-corrected chi connectivity index (χ2v) is 19.7. The zero-order chi connectivity index (χ0) is 48.5. The van der Waals surface area contributed by atoms with Crippen LogP contribution in [0.1, 0.15) is 100 Å². The number of fused-ring (bicyclic) bond motifs is 2. The fraction of sp³-hybridized carbons (Fsp3) is 0.689. The van der Waals surface area contributed by atoms with E-state index in [1.807, 2.05) is 23.5 Å². The number of carbonyl (C=O) groups excluding carboxylic acids is 7. The Kier molecular flexibility index (Phi) is 23.8. The molecule has 21 nitrogen and oxygen atoms in total. The lowest BCUT2D eigenvalue weighted by atomic mass is 10.0. The Labute approximate surface area is 405 Å². The van der Waals surface area contributed by atoms with E-state index in [1.54, 1.807) is 6.07 Å². The molecule has 4 fully saturated rings. The molecule has 9 amide bonds. The van der Waals surface area contributed by atoms with Gasteiger partial charge >= 0.3 is 18.0 Å². The van der Waals surface area contributed by atoms with Crippen LogP contribution in [0.3, 0.4) is 0 Å². The molecule has 68 heavy (non-hydrogen) atoms. The molecule has 0 bridgehead atoms. The van der Waals surface area contributed by atoms with Crippen LogP contribution in [0.5, 0.6) is 0 Å². The Hall–Kier alpha value is -4.84. The lowest BCUT2D eigenvalue weighted by Gasteiger charge is -2.16. The Bertz CT molecular complexity index is 1860. The average Bonchev–Trinajstić information content (AvgIpc) is 4.07. The molecule has 0 spiro atoms. The van der Waals surface area contributed by atoms with Crippen molar-refractivity contribution in [1.29, 1.82) is 0 Å². The minimum Gasteiger partial charge on any atom is -0.481 e. The largest absolute Gasteiger partial charge is 0.481 e. The van der Waals surface area contributed by atoms with Gasteiger partial charge in [0, 0.05) is 84.3 Å². The van der Waals surface area contributed by atoms with Gasteiger partial charge in [-0.15, -0.1) is 0 Å². The van der Waals surface area contributed by atoms with Crippen LogP contribution in [0.25, 0.3) is 0 Å². The van der Waals surface area contributed by atoms with Crippen LogP contribution in [0, 0.1) is 0 Å². The van der Waals surface area contributed by atoms with Crippen molar-refractivity contribution in [2.75, 3.05) is 81.4 Å². The molecular formula is C45H69N9O12S2. The van der Waals surface area contributed by atoms with E-state index in [2.05, 4.69) is 47.9 Å². The summed E-state index contributed by atoms with van der Waals surface area (Å²) in [5.41, 5.74) is 0.815. The first-order chi connectivity index (χ1) is 32.9. The van der Waals surface area contributed by atoms with E-state index in [9.17, 15) is 38.4 Å². The predicted octanol–water partition coefficient (Wildman–Crippen LogP) is 2.45. The maximum atomic E-state index is 13.2. The fourth-order valence-corrected chi connectivity index (χ4v) is 11.3. The van der Waals surface area contributed by atoms with E-state index in [1.165, 1.54) is 12.1 Å². The quantitative estimate of drug-likeness (QED) is 0.0351. The number of hydrogen-bond donors (Lipinski definition) is 10. The summed E-state index contributed by atoms with van der Waals surface area (Å²) in [6, 6.07) is 5.03. The molecule has 10 N–H and O–H groups in total. The number of urea groups is 2. The first-order valence-corrected chi connectivity index (χ1v) is 25.9. The number of carboxylic acid groups (broad SMARTS) is 1. The number of unbranched alkanes of at least 4 members (excludes halogenated alkanes) is 3. The van der Waals surface area contributed by atoms with Gasteiger partial charge < -0.3 is 67.2 Å². The minimum atomic E-state index is -0.931. The van der Waals surface area contributed by atoms with E-state index in [0.29, 0.717) is 67.1 Å². The van der Waals surface area contributed by atoms with Crippen molar-refractivity contribution < 1.29 is 57.7 Å². The van der Waals surface area contributed by atoms with E-state index in [4.69, 9.17) is 19.3 Å². The topological polar surface area (TPSA) is 293 Å². The second-order valence-electron chi connectivity index (χ2n) is 17.1. The molecular weight excluding hydrogens is 923 g/mol. The third-order valence-electron chi connectivity index (χ3n) is 11.7. The van der Waals surface area contributed by atoms with Crippen LogP contribution in [-0.2, 0) is 38.2 Å². The molecule has 1 aromatic carbocycles. The van der Waals surface area contributed by atoms with Crippen molar-refractivity contribution in [1.82, 2.24) is 37.2 Å². The Morgan fingerprint density at radius 2 is 1.00 bits per heavy atom. The monoisotopic (exact) mass is 991 g/mol. The van der Waals surface area contributed by atoms with Crippen LogP contribution >= 0.6 is 23.5 Å². The van der Waals surface area contributed by atoms with E-state index in [-0.39, 0.29) is 131 Å². The lowest BCUT2D eigenvalue weighted by molar-refractivity contribution is -0.138. The first-order valence-electron chi connectivity index (χ1n) is 23.8. The van der Waals surface area contributed by atoms with Crippen LogP contribution in [-0.4, -0.2) is 158 Å². The lowest BCUT2D eigenvalue weighted by Crippen LogP contribution is -2.36. The number of aliphatic carboxylic acids is 1. The van der Waals surface area contributed by atoms with Crippen LogP contribution < -0.4 is 47.9 Å². The zero-order valence-electron chi connectivity index (χ0n) is 38.6. The summed E-state index contributed by atoms with van der Waals surface area (Å²) in [6.45, 7) is 2.34. The maximum Gasteiger partial charge on any atom is 0.315 e. The van der Waals surface area contributed by atoms with Crippen LogP contribution in [0.4, 0.5) is 21.0 Å². The predicted molar refractivity (Wildman–Crippen MR) is 258 cm³/mol. The standard InChI is InChI=1S/C45H69N9O12S2/c55-36(10-3-1-8-34-41-32(27-67-34)51-44(62)53-41)46-15-6-5-12-38(57)49-30-24-29(43(61)48-17-19-65-21-23-66-22-20-64-18-14-40(59)60)25-31(26-30)50-39(58)13-7-16-47-37(56)11-4-2-9-35-42-33(28-68-35)52-45(63)54-42/h24-26,32-35,41-42H,1-23,27-28H2,(H,46,55)(H,47,56)(H,48,61)(H,49,57)(H,50,58)(H,59,60)(H2,51,53,62)(H2,52,54,63)/t32-,33-,34-,35-,41-,42-/m0/s1. The van der Waals surface area contributed by atoms with Gasteiger partial charge in [-0.05, 0) is 63.1 Å². The SMILES string of the molecule is O=C(O)CCOCCOCCOCCNC(=O)c1cc(NC(=O)CCCCNC(=O)CCCC[C@@H]2SC[C@@H]3NC(=O)N[C@@H]32)cc(NC(=O)CCCNC(=O)CCCC[C@@H]2SC[C@@H]3NC(=O)N[C@@H]32)c1. The van der Waals surface area contributed by atoms with E-state index < -0.39 is 11.9 Å². The van der Waals surface area contributed by atoms with Gasteiger partial charge in [-0.3, -0.25) is 28.8 Å². The van der Waals surface area contributed by atoms with Crippen molar-refractivity contribution in [3.8, 4) is 0 Å². The van der Waals surface area contributed by atoms with E-state index in [0.717, 1.165) is 50.0 Å². The minimum absolute atomic E-state index is 0.0367. The van der Waals surface area contributed by atoms with Gasteiger partial charge in [-0.1, -0.05) is 12.8 Å². The third-order valence-corrected chi connectivity index (χ3v) is 14.7. The van der Waals surface area contributed by atoms with Crippen molar-refractivity contribution in [2.24, 2.45) is 0 Å². The Balaban J connectivity index is 0.979. The van der Waals surface area contributed by atoms with Gasteiger partial charge in [0.15, 0.2) is 0 Å². The summed E-state index contributed by atoms with van der Waals surface area (Å²) < 4.78 is 16.1. The van der Waals surface area contributed by atoms with Crippen molar-refractivity contribution in [3.63, 3.8) is 0 Å². The number of benzene rings is 1. The molecule has 4 heterocycles. The number of anilines is 2. The summed E-state index contributed by atoms with van der Waals surface area (Å²) >= 11 is 3.70. The molecule has 0 aromatic heterocycles. The molecule has 0 aliphatic carbocycles. The summed E-state index contributed by atoms with van der Waals surface area (Å²) in [5.74, 6) is -0.334. The number of nitrogens with one attached hydrogen (secondary N) is 9. The number of ether oxygens (including phenoxy) is 3. The summed E-state index contributed by atoms with van der Waals surface area (Å²) in [6.07, 6.45) is 7.60. The normalized spacial score (nSPS) is 21.1. The van der Waals surface area contributed by atoms with Crippen molar-refractivity contribution >= 4 is 82.5 Å². The molecule has 0 saturated carbocycles. The van der Waals surface area contributed by atoms with Crippen LogP contribution in [0.15, 0.2) is 18.2 Å². The molecule has 378 valence electrons. The Morgan fingerprint density at radius 1 is 0.529 bits per heavy atom. The highest BCUT2D eigenvalue weighted by Gasteiger charge is 2.43. The molecule has 6 atom stereocenters. The Morgan fingerprint density at radius 3 is 1.54 bits per heavy atom. The van der Waals surface area contributed by atoms with Gasteiger partial charge in [0.05, 0.1) is 70.2 Å². The highest BCUT2D eigenvalue weighted by molar-refractivity contribution is 8.00. The fourth-order valence-electron chi connectivity index (χ4n) is 8.23. The van der Waals surface area contributed by atoms with Gasteiger partial charge in [0.1, 0.15) is 0 Å². The maximum absolute atomic E-state index is 13.2. The number of rotatable bonds is 34. The summed E-state index contributed by atoms with van der Waals surface area (Å²) in [4.78, 5) is 97.9. The number of hydrogen-bond acceptors (Lipinski definition) is 13. The molecule has 23 heteroatoms. The van der Waals surface area contributed by atoms with E-state index >= 15 is 0 Å². The number of thioether (sulfide) groups is 2. The van der Waals surface area contributed by atoms with Gasteiger partial charge in [-0.25, -0.2) is 9.59 Å². The van der Waals surface area contributed by atoms with Gasteiger partial charge in [0.2, 0.25) is 23.6 Å². The summed E-state index contributed by atoms with van der Waals surface area (Å²) in [5, 5.41) is 35.4. The number of carboxylic acids is 1. The highest BCUT2D eigenvalue weighted by Crippen LogP contribution is 2.34. The third kappa shape index (κ3) is 20.0. The van der Waals surface area contributed by atoms with Crippen molar-refractivity contribution in [3.05, 3.63) is 23.8 Å². The van der Waals surface area contributed by atoms with Crippen molar-refractivity contribution in [2.45, 2.75) is 125 Å². The second kappa shape index (κ2) is 29.9. The van der Waals surface area contributed by atoms with Crippen LogP contribution in [0.2, 0.25) is 0 Å². The first kappa shape index (κ1) is 54.1. The molecule has 4 aliphatic heterocycles. The van der Waals surface area contributed by atoms with Gasteiger partial charge in [-0.2, -0.15) is 23.5 Å². The number of carbonyl (C=O) groups is 8. The molecule has 4 aliphatic rings. The van der Waals surface area contributed by atoms with Gasteiger partial charge in [0.25, 0.3) is 5.91 Å².